The van der Waals surface area contributed by atoms with Gasteiger partial charge in [0.1, 0.15) is 12.0 Å². The van der Waals surface area contributed by atoms with Gasteiger partial charge in [0.15, 0.2) is 11.9 Å². The van der Waals surface area contributed by atoms with Crippen molar-refractivity contribution in [3.05, 3.63) is 58.5 Å². The molecule has 2 aromatic heterocycles. The summed E-state index contributed by atoms with van der Waals surface area (Å²) in [5.74, 6) is -1.06. The Bertz CT molecular complexity index is 1100. The first kappa shape index (κ1) is 21.8. The average molecular weight is 427 g/mol. The standard InChI is InChI=1S/C20H18F5N3O2/c1-2-3-13(21)10-28-5-4-11-6-15(16(22)7-14(11)19(28)30)18-26-8-12(9-27-18)17(29)20(23,24)25/h4-9,13,17,29H,2-3,10H2,1H3. The maximum Gasteiger partial charge on any atom is 0.418 e. The predicted octanol–water partition coefficient (Wildman–Crippen LogP) is 4.33. The Kier molecular flexibility index (Phi) is 6.16. The maximum absolute atomic E-state index is 14.6. The van der Waals surface area contributed by atoms with Crippen LogP contribution in [0.25, 0.3) is 22.2 Å². The van der Waals surface area contributed by atoms with E-state index in [4.69, 9.17) is 0 Å². The van der Waals surface area contributed by atoms with Gasteiger partial charge in [-0.25, -0.2) is 18.7 Å². The summed E-state index contributed by atoms with van der Waals surface area (Å²) in [6, 6.07) is 3.78. The van der Waals surface area contributed by atoms with Gasteiger partial charge in [-0.3, -0.25) is 4.79 Å². The fourth-order valence-corrected chi connectivity index (χ4v) is 3.05. The molecule has 1 aromatic carbocycles. The molecule has 0 aliphatic carbocycles. The molecule has 0 aliphatic heterocycles. The first-order valence-corrected chi connectivity index (χ1v) is 9.15. The fraction of sp³-hybridized carbons (Fsp3) is 0.350. The smallest absolute Gasteiger partial charge is 0.379 e. The van der Waals surface area contributed by atoms with Crippen LogP contribution in [0.15, 0.2) is 41.6 Å². The van der Waals surface area contributed by atoms with Crippen LogP contribution in [0.5, 0.6) is 0 Å². The van der Waals surface area contributed by atoms with Gasteiger partial charge in [0.05, 0.1) is 17.5 Å². The van der Waals surface area contributed by atoms with E-state index in [1.54, 1.807) is 0 Å². The number of alkyl halides is 4. The Balaban J connectivity index is 1.96. The molecule has 3 rings (SSSR count). The SMILES string of the molecule is CCCC(F)Cn1ccc2cc(-c3ncc(C(O)C(F)(F)F)cn3)c(F)cc2c1=O. The van der Waals surface area contributed by atoms with Gasteiger partial charge in [-0.2, -0.15) is 13.2 Å². The minimum atomic E-state index is -4.88. The Labute approximate surface area is 167 Å². The fourth-order valence-electron chi connectivity index (χ4n) is 3.05. The highest BCUT2D eigenvalue weighted by molar-refractivity contribution is 5.85. The number of aliphatic hydroxyl groups is 1. The first-order valence-electron chi connectivity index (χ1n) is 9.15. The number of aliphatic hydroxyl groups excluding tert-OH is 1. The summed E-state index contributed by atoms with van der Waals surface area (Å²) in [6.45, 7) is 1.68. The number of aromatic nitrogens is 3. The first-order chi connectivity index (χ1) is 14.1. The van der Waals surface area contributed by atoms with Crippen LogP contribution in [0.1, 0.15) is 31.4 Å². The van der Waals surface area contributed by atoms with Gasteiger partial charge in [0.25, 0.3) is 5.56 Å². The third kappa shape index (κ3) is 4.48. The summed E-state index contributed by atoms with van der Waals surface area (Å²) in [5, 5.41) is 9.61. The predicted molar refractivity (Wildman–Crippen MR) is 100 cm³/mol. The molecule has 10 heteroatoms. The van der Waals surface area contributed by atoms with Crippen molar-refractivity contribution in [3.8, 4) is 11.4 Å². The average Bonchev–Trinajstić information content (AvgIpc) is 2.69. The summed E-state index contributed by atoms with van der Waals surface area (Å²) >= 11 is 0. The van der Waals surface area contributed by atoms with Gasteiger partial charge >= 0.3 is 6.18 Å². The molecule has 2 unspecified atom stereocenters. The molecule has 0 aliphatic rings. The van der Waals surface area contributed by atoms with Crippen molar-refractivity contribution in [2.75, 3.05) is 0 Å². The molecule has 5 nitrogen and oxygen atoms in total. The van der Waals surface area contributed by atoms with E-state index in [1.807, 2.05) is 6.92 Å². The van der Waals surface area contributed by atoms with E-state index >= 15 is 0 Å². The Morgan fingerprint density at radius 3 is 2.47 bits per heavy atom. The van der Waals surface area contributed by atoms with Gasteiger partial charge in [-0.1, -0.05) is 13.3 Å². The molecule has 1 N–H and O–H groups in total. The van der Waals surface area contributed by atoms with E-state index in [9.17, 15) is 31.9 Å². The van der Waals surface area contributed by atoms with Crippen molar-refractivity contribution >= 4 is 10.8 Å². The van der Waals surface area contributed by atoms with Crippen molar-refractivity contribution in [2.24, 2.45) is 0 Å². The molecule has 2 heterocycles. The number of benzene rings is 1. The van der Waals surface area contributed by atoms with Gasteiger partial charge in [-0.15, -0.1) is 0 Å². The molecule has 2 atom stereocenters. The number of hydrogen-bond acceptors (Lipinski definition) is 4. The molecule has 3 aromatic rings. The van der Waals surface area contributed by atoms with Crippen molar-refractivity contribution in [1.29, 1.82) is 0 Å². The molecular formula is C20H18F5N3O2. The zero-order chi connectivity index (χ0) is 22.1. The minimum Gasteiger partial charge on any atom is -0.379 e. The topological polar surface area (TPSA) is 68.0 Å². The zero-order valence-electron chi connectivity index (χ0n) is 15.8. The lowest BCUT2D eigenvalue weighted by atomic mass is 10.1. The van der Waals surface area contributed by atoms with Gasteiger partial charge < -0.3 is 9.67 Å². The van der Waals surface area contributed by atoms with Crippen molar-refractivity contribution in [2.45, 2.75) is 44.8 Å². The summed E-state index contributed by atoms with van der Waals surface area (Å²) < 4.78 is 67.4. The highest BCUT2D eigenvalue weighted by atomic mass is 19.4. The number of nitrogens with zero attached hydrogens (tertiary/aromatic N) is 3. The third-order valence-electron chi connectivity index (χ3n) is 4.60. The van der Waals surface area contributed by atoms with Crippen LogP contribution in [0.3, 0.4) is 0 Å². The molecule has 0 saturated heterocycles. The monoisotopic (exact) mass is 427 g/mol. The summed E-state index contributed by atoms with van der Waals surface area (Å²) in [5.41, 5.74) is -1.26. The normalized spacial score (nSPS) is 14.1. The Hall–Kier alpha value is -2.88. The van der Waals surface area contributed by atoms with Crippen LogP contribution in [0, 0.1) is 5.82 Å². The van der Waals surface area contributed by atoms with Crippen molar-refractivity contribution < 1.29 is 27.1 Å². The highest BCUT2D eigenvalue weighted by Gasteiger charge is 2.39. The number of fused-ring (bicyclic) bond motifs is 1. The molecule has 0 amide bonds. The molecule has 0 fully saturated rings. The maximum atomic E-state index is 14.6. The highest BCUT2D eigenvalue weighted by Crippen LogP contribution is 2.32. The van der Waals surface area contributed by atoms with Gasteiger partial charge in [0.2, 0.25) is 0 Å². The van der Waals surface area contributed by atoms with Gasteiger partial charge in [0, 0.05) is 24.2 Å². The second-order valence-electron chi connectivity index (χ2n) is 6.86. The summed E-state index contributed by atoms with van der Waals surface area (Å²) in [4.78, 5) is 20.0. The number of pyridine rings is 1. The van der Waals surface area contributed by atoms with E-state index < -0.39 is 35.4 Å². The summed E-state index contributed by atoms with van der Waals surface area (Å²) in [7, 11) is 0. The van der Waals surface area contributed by atoms with Crippen LogP contribution in [0.4, 0.5) is 22.0 Å². The lowest BCUT2D eigenvalue weighted by Gasteiger charge is -2.14. The second-order valence-corrected chi connectivity index (χ2v) is 6.86. The largest absolute Gasteiger partial charge is 0.418 e. The van der Waals surface area contributed by atoms with E-state index in [0.717, 1.165) is 18.5 Å². The van der Waals surface area contributed by atoms with Crippen molar-refractivity contribution in [1.82, 2.24) is 14.5 Å². The third-order valence-corrected chi connectivity index (χ3v) is 4.60. The molecule has 0 spiro atoms. The quantitative estimate of drug-likeness (QED) is 0.595. The Morgan fingerprint density at radius 2 is 1.87 bits per heavy atom. The van der Waals surface area contributed by atoms with Crippen LogP contribution in [0.2, 0.25) is 0 Å². The van der Waals surface area contributed by atoms with Crippen LogP contribution in [-0.2, 0) is 6.54 Å². The van der Waals surface area contributed by atoms with E-state index in [1.165, 1.54) is 22.9 Å². The molecule has 0 saturated carbocycles. The van der Waals surface area contributed by atoms with Crippen LogP contribution < -0.4 is 5.56 Å². The number of hydrogen-bond donors (Lipinski definition) is 1. The van der Waals surface area contributed by atoms with Crippen molar-refractivity contribution in [3.63, 3.8) is 0 Å². The number of halogens is 5. The minimum absolute atomic E-state index is 0.0339. The molecule has 0 radical (unpaired) electrons. The van der Waals surface area contributed by atoms with E-state index in [-0.39, 0.29) is 23.3 Å². The van der Waals surface area contributed by atoms with E-state index in [2.05, 4.69) is 9.97 Å². The summed E-state index contributed by atoms with van der Waals surface area (Å²) in [6.07, 6.45) is -4.98. The van der Waals surface area contributed by atoms with Crippen LogP contribution in [-0.4, -0.2) is 32.0 Å². The Morgan fingerprint density at radius 1 is 1.20 bits per heavy atom. The zero-order valence-corrected chi connectivity index (χ0v) is 15.8. The second kappa shape index (κ2) is 8.47. The molecule has 30 heavy (non-hydrogen) atoms. The van der Waals surface area contributed by atoms with Crippen LogP contribution >= 0.6 is 0 Å². The number of rotatable bonds is 6. The van der Waals surface area contributed by atoms with E-state index in [0.29, 0.717) is 18.2 Å². The molecule has 160 valence electrons. The molecular weight excluding hydrogens is 409 g/mol. The lowest BCUT2D eigenvalue weighted by molar-refractivity contribution is -0.206. The van der Waals surface area contributed by atoms with Gasteiger partial charge in [-0.05, 0) is 30.0 Å². The molecule has 0 bridgehead atoms. The lowest BCUT2D eigenvalue weighted by Crippen LogP contribution is -2.24.